The lowest BCUT2D eigenvalue weighted by Crippen LogP contribution is -2.49. The minimum atomic E-state index is 0.140. The van der Waals surface area contributed by atoms with Gasteiger partial charge in [0.05, 0.1) is 0 Å². The van der Waals surface area contributed by atoms with Crippen molar-refractivity contribution in [3.05, 3.63) is 21.6 Å². The lowest BCUT2D eigenvalue weighted by Gasteiger charge is -2.56. The van der Waals surface area contributed by atoms with Crippen LogP contribution in [0.15, 0.2) is 4.79 Å². The van der Waals surface area contributed by atoms with E-state index in [0.717, 1.165) is 23.3 Å². The zero-order valence-electron chi connectivity index (χ0n) is 12.3. The quantitative estimate of drug-likeness (QED) is 0.881. The third-order valence-corrected chi connectivity index (χ3v) is 6.11. The van der Waals surface area contributed by atoms with Crippen molar-refractivity contribution in [1.82, 2.24) is 9.78 Å². The van der Waals surface area contributed by atoms with Crippen LogP contribution in [0.4, 0.5) is 0 Å². The molecule has 4 aliphatic rings. The highest BCUT2D eigenvalue weighted by atomic mass is 16.1. The maximum atomic E-state index is 12.3. The van der Waals surface area contributed by atoms with Crippen LogP contribution in [-0.4, -0.2) is 16.3 Å². The number of nitrogens with zero attached hydrogens (tertiary/aromatic N) is 1. The molecule has 4 saturated carbocycles. The summed E-state index contributed by atoms with van der Waals surface area (Å²) in [4.78, 5) is 12.3. The van der Waals surface area contributed by atoms with Crippen molar-refractivity contribution in [3.63, 3.8) is 0 Å². The third kappa shape index (κ3) is 1.67. The van der Waals surface area contributed by atoms with Crippen molar-refractivity contribution in [1.29, 1.82) is 0 Å². The largest absolute Gasteiger partial charge is 0.330 e. The second-order valence-electron chi connectivity index (χ2n) is 7.57. The van der Waals surface area contributed by atoms with Gasteiger partial charge in [-0.25, -0.2) is 0 Å². The maximum Gasteiger partial charge on any atom is 0.269 e. The normalized spacial score (nSPS) is 38.6. The first-order valence-electron chi connectivity index (χ1n) is 8.10. The molecule has 20 heavy (non-hydrogen) atoms. The monoisotopic (exact) mass is 275 g/mol. The number of aromatic amines is 1. The zero-order valence-corrected chi connectivity index (χ0v) is 12.3. The molecule has 110 valence electrons. The van der Waals surface area contributed by atoms with E-state index < -0.39 is 0 Å². The number of rotatable bonds is 3. The van der Waals surface area contributed by atoms with E-state index >= 15 is 0 Å². The number of hydrogen-bond donors (Lipinski definition) is 2. The van der Waals surface area contributed by atoms with E-state index in [1.54, 1.807) is 4.68 Å². The van der Waals surface area contributed by atoms with Gasteiger partial charge in [0.2, 0.25) is 0 Å². The zero-order chi connectivity index (χ0) is 13.9. The van der Waals surface area contributed by atoms with Gasteiger partial charge in [-0.15, -0.1) is 0 Å². The van der Waals surface area contributed by atoms with Crippen LogP contribution in [0.5, 0.6) is 0 Å². The summed E-state index contributed by atoms with van der Waals surface area (Å²) in [6, 6.07) is 0. The van der Waals surface area contributed by atoms with Crippen molar-refractivity contribution in [3.8, 4) is 0 Å². The topological polar surface area (TPSA) is 63.8 Å². The van der Waals surface area contributed by atoms with Crippen molar-refractivity contribution < 1.29 is 0 Å². The Morgan fingerprint density at radius 3 is 2.25 bits per heavy atom. The average molecular weight is 275 g/mol. The van der Waals surface area contributed by atoms with E-state index in [9.17, 15) is 4.79 Å². The Kier molecular flexibility index (Phi) is 2.69. The molecule has 0 atom stereocenters. The van der Waals surface area contributed by atoms with Crippen LogP contribution in [-0.2, 0) is 18.9 Å². The molecule has 0 unspecified atom stereocenters. The summed E-state index contributed by atoms with van der Waals surface area (Å²) in [5.74, 6) is 2.70. The molecule has 4 nitrogen and oxygen atoms in total. The Balaban J connectivity index is 1.81. The molecule has 3 N–H and O–H groups in total. The molecule has 1 heterocycles. The Bertz CT molecular complexity index is 548. The molecular formula is C16H25N3O. The predicted molar refractivity (Wildman–Crippen MR) is 78.6 cm³/mol. The second-order valence-corrected chi connectivity index (χ2v) is 7.57. The van der Waals surface area contributed by atoms with E-state index in [1.807, 2.05) is 7.05 Å². The van der Waals surface area contributed by atoms with Gasteiger partial charge in [0.1, 0.15) is 0 Å². The van der Waals surface area contributed by atoms with Crippen LogP contribution in [0.1, 0.15) is 49.8 Å². The van der Waals surface area contributed by atoms with Crippen LogP contribution in [0, 0.1) is 17.8 Å². The number of nitrogens with two attached hydrogens (primary N) is 1. The summed E-state index contributed by atoms with van der Waals surface area (Å²) in [6.45, 7) is 0.562. The van der Waals surface area contributed by atoms with Crippen molar-refractivity contribution >= 4 is 0 Å². The molecule has 4 bridgehead atoms. The fourth-order valence-corrected chi connectivity index (χ4v) is 5.83. The molecule has 0 saturated heterocycles. The van der Waals surface area contributed by atoms with Gasteiger partial charge in [0, 0.05) is 23.7 Å². The van der Waals surface area contributed by atoms with E-state index in [2.05, 4.69) is 5.10 Å². The lowest BCUT2D eigenvalue weighted by molar-refractivity contribution is -0.00780. The molecule has 4 heteroatoms. The molecular weight excluding hydrogens is 250 g/mol. The summed E-state index contributed by atoms with van der Waals surface area (Å²) in [6.07, 6.45) is 8.88. The number of nitrogens with one attached hydrogen (secondary N) is 1. The number of H-pyrrole nitrogens is 1. The van der Waals surface area contributed by atoms with Crippen LogP contribution in [0.25, 0.3) is 0 Å². The highest BCUT2D eigenvalue weighted by Gasteiger charge is 2.53. The standard InChI is InChI=1S/C16H25N3O/c1-19-15(20)13(2-3-17)14(18-19)16-7-10-4-11(8-16)6-12(5-10)9-16/h10-12,18H,2-9,17H2,1H3. The molecule has 0 radical (unpaired) electrons. The van der Waals surface area contributed by atoms with Gasteiger partial charge in [-0.2, -0.15) is 0 Å². The Hall–Kier alpha value is -1.03. The summed E-state index contributed by atoms with van der Waals surface area (Å²) in [5, 5.41) is 3.40. The molecule has 0 spiro atoms. The number of hydrogen-bond acceptors (Lipinski definition) is 2. The first-order chi connectivity index (χ1) is 9.61. The molecule has 0 aliphatic heterocycles. The lowest BCUT2D eigenvalue weighted by atomic mass is 9.48. The SMILES string of the molecule is Cn1[nH]c(C23CC4CC(CC(C4)C2)C3)c(CCN)c1=O. The first kappa shape index (κ1) is 12.7. The summed E-state index contributed by atoms with van der Waals surface area (Å²) >= 11 is 0. The molecule has 4 fully saturated rings. The minimum absolute atomic E-state index is 0.140. The van der Waals surface area contributed by atoms with Crippen LogP contribution in [0.2, 0.25) is 0 Å². The van der Waals surface area contributed by atoms with Gasteiger partial charge in [0.25, 0.3) is 5.56 Å². The van der Waals surface area contributed by atoms with Gasteiger partial charge < -0.3 is 5.73 Å². The van der Waals surface area contributed by atoms with Crippen LogP contribution >= 0.6 is 0 Å². The van der Waals surface area contributed by atoms with Crippen molar-refractivity contribution in [2.24, 2.45) is 30.5 Å². The third-order valence-electron chi connectivity index (χ3n) is 6.11. The van der Waals surface area contributed by atoms with E-state index in [0.29, 0.717) is 13.0 Å². The average Bonchev–Trinajstić information content (AvgIpc) is 2.67. The smallest absolute Gasteiger partial charge is 0.269 e. The minimum Gasteiger partial charge on any atom is -0.330 e. The molecule has 1 aromatic heterocycles. The second kappa shape index (κ2) is 4.23. The van der Waals surface area contributed by atoms with E-state index in [1.165, 1.54) is 44.2 Å². The number of aryl methyl sites for hydroxylation is 1. The molecule has 1 aromatic rings. The molecule has 0 amide bonds. The fourth-order valence-electron chi connectivity index (χ4n) is 5.83. The predicted octanol–water partition coefficient (Wildman–Crippen LogP) is 1.68. The van der Waals surface area contributed by atoms with Gasteiger partial charge in [-0.3, -0.25) is 14.6 Å². The Morgan fingerprint density at radius 1 is 1.20 bits per heavy atom. The van der Waals surface area contributed by atoms with Crippen molar-refractivity contribution in [2.75, 3.05) is 6.54 Å². The van der Waals surface area contributed by atoms with Gasteiger partial charge in [-0.1, -0.05) is 0 Å². The fraction of sp³-hybridized carbons (Fsp3) is 0.812. The van der Waals surface area contributed by atoms with E-state index in [4.69, 9.17) is 5.73 Å². The van der Waals surface area contributed by atoms with Crippen LogP contribution < -0.4 is 11.3 Å². The first-order valence-corrected chi connectivity index (χ1v) is 8.10. The van der Waals surface area contributed by atoms with Gasteiger partial charge >= 0.3 is 0 Å². The highest BCUT2D eigenvalue weighted by Crippen LogP contribution is 2.60. The molecule has 5 rings (SSSR count). The Labute approximate surface area is 119 Å². The van der Waals surface area contributed by atoms with Gasteiger partial charge in [0.15, 0.2) is 0 Å². The molecule has 0 aromatic carbocycles. The summed E-state index contributed by atoms with van der Waals surface area (Å²) in [5.41, 5.74) is 8.35. The Morgan fingerprint density at radius 2 is 1.75 bits per heavy atom. The van der Waals surface area contributed by atoms with E-state index in [-0.39, 0.29) is 11.0 Å². The number of aromatic nitrogens is 2. The highest BCUT2D eigenvalue weighted by molar-refractivity contribution is 5.30. The summed E-state index contributed by atoms with van der Waals surface area (Å²) in [7, 11) is 1.84. The molecule has 4 aliphatic carbocycles. The maximum absolute atomic E-state index is 12.3. The summed E-state index contributed by atoms with van der Waals surface area (Å²) < 4.78 is 1.67. The van der Waals surface area contributed by atoms with Crippen LogP contribution in [0.3, 0.4) is 0 Å². The van der Waals surface area contributed by atoms with Crippen molar-refractivity contribution in [2.45, 2.75) is 50.4 Å². The van der Waals surface area contributed by atoms with Gasteiger partial charge in [-0.05, 0) is 69.2 Å².